The lowest BCUT2D eigenvalue weighted by Crippen LogP contribution is -2.38. The Morgan fingerprint density at radius 3 is 2.62 bits per heavy atom. The molecule has 0 aliphatic rings. The van der Waals surface area contributed by atoms with Crippen LogP contribution in [0.3, 0.4) is 0 Å². The monoisotopic (exact) mass is 293 g/mol. The molecule has 116 valence electrons. The summed E-state index contributed by atoms with van der Waals surface area (Å²) in [4.78, 5) is 22.8. The van der Waals surface area contributed by atoms with E-state index in [-0.39, 0.29) is 0 Å². The lowest BCUT2D eigenvalue weighted by molar-refractivity contribution is -0.138. The topological polar surface area (TPSA) is 75.6 Å². The van der Waals surface area contributed by atoms with Gasteiger partial charge in [0.25, 0.3) is 5.91 Å². The van der Waals surface area contributed by atoms with Crippen LogP contribution in [0.25, 0.3) is 0 Å². The summed E-state index contributed by atoms with van der Waals surface area (Å²) in [5.41, 5.74) is 0.362. The van der Waals surface area contributed by atoms with Crippen molar-refractivity contribution in [3.8, 4) is 5.75 Å². The molecule has 0 saturated heterocycles. The molecular formula is C16H23NO4. The van der Waals surface area contributed by atoms with Crippen molar-refractivity contribution in [1.29, 1.82) is 0 Å². The maximum Gasteiger partial charge on any atom is 0.325 e. The van der Waals surface area contributed by atoms with Crippen molar-refractivity contribution in [2.24, 2.45) is 0 Å². The van der Waals surface area contributed by atoms with Crippen LogP contribution in [-0.4, -0.2) is 29.6 Å². The Balaban J connectivity index is 2.61. The van der Waals surface area contributed by atoms with Crippen molar-refractivity contribution in [3.05, 3.63) is 29.8 Å². The minimum atomic E-state index is -1.07. The molecule has 0 bridgehead atoms. The van der Waals surface area contributed by atoms with Crippen LogP contribution in [0.15, 0.2) is 24.3 Å². The van der Waals surface area contributed by atoms with Gasteiger partial charge in [0.05, 0.1) is 12.2 Å². The summed E-state index contributed by atoms with van der Waals surface area (Å²) in [7, 11) is 0. The van der Waals surface area contributed by atoms with Crippen LogP contribution in [0.5, 0.6) is 5.75 Å². The van der Waals surface area contributed by atoms with Gasteiger partial charge >= 0.3 is 5.97 Å². The van der Waals surface area contributed by atoms with E-state index in [0.29, 0.717) is 17.9 Å². The first-order chi connectivity index (χ1) is 10.1. The molecule has 5 nitrogen and oxygen atoms in total. The lowest BCUT2D eigenvalue weighted by atomic mass is 10.1. The predicted molar refractivity (Wildman–Crippen MR) is 80.6 cm³/mol. The summed E-state index contributed by atoms with van der Waals surface area (Å²) in [6.07, 6.45) is 4.37. The molecule has 1 amide bonds. The smallest absolute Gasteiger partial charge is 0.325 e. The number of carboxylic acid groups (broad SMARTS) is 1. The molecule has 0 aliphatic carbocycles. The molecule has 0 radical (unpaired) electrons. The molecule has 0 aromatic heterocycles. The van der Waals surface area contributed by atoms with Crippen LogP contribution in [0, 0.1) is 0 Å². The quantitative estimate of drug-likeness (QED) is 0.686. The fraction of sp³-hybridized carbons (Fsp3) is 0.500. The molecule has 5 heteroatoms. The fourth-order valence-corrected chi connectivity index (χ4v) is 1.83. The number of para-hydroxylation sites is 1. The van der Waals surface area contributed by atoms with Crippen LogP contribution in [-0.2, 0) is 4.79 Å². The van der Waals surface area contributed by atoms with Gasteiger partial charge in [0.2, 0.25) is 0 Å². The molecule has 0 heterocycles. The van der Waals surface area contributed by atoms with Gasteiger partial charge in [-0.1, -0.05) is 38.3 Å². The average Bonchev–Trinajstić information content (AvgIpc) is 2.47. The van der Waals surface area contributed by atoms with E-state index in [2.05, 4.69) is 12.2 Å². The minimum Gasteiger partial charge on any atom is -0.493 e. The standard InChI is InChI=1S/C16H23NO4/c1-3-4-5-8-11-21-14-10-7-6-9-13(14)15(18)17-12(2)16(19)20/h6-7,9-10,12H,3-5,8,11H2,1-2H3,(H,17,18)(H,19,20). The van der Waals surface area contributed by atoms with Crippen molar-refractivity contribution in [2.45, 2.75) is 45.6 Å². The number of benzene rings is 1. The Bertz CT molecular complexity index is 473. The first-order valence-electron chi connectivity index (χ1n) is 7.31. The molecule has 2 N–H and O–H groups in total. The van der Waals surface area contributed by atoms with E-state index in [1.54, 1.807) is 24.3 Å². The number of rotatable bonds is 9. The van der Waals surface area contributed by atoms with E-state index in [1.807, 2.05) is 0 Å². The van der Waals surface area contributed by atoms with Crippen LogP contribution < -0.4 is 10.1 Å². The highest BCUT2D eigenvalue weighted by Crippen LogP contribution is 2.18. The second-order valence-electron chi connectivity index (χ2n) is 4.94. The van der Waals surface area contributed by atoms with Crippen LogP contribution in [0.1, 0.15) is 49.9 Å². The van der Waals surface area contributed by atoms with Gasteiger partial charge in [-0.2, -0.15) is 0 Å². The van der Waals surface area contributed by atoms with E-state index in [0.717, 1.165) is 19.3 Å². The van der Waals surface area contributed by atoms with Crippen molar-refractivity contribution in [1.82, 2.24) is 5.32 Å². The molecule has 0 aliphatic heterocycles. The molecular weight excluding hydrogens is 270 g/mol. The molecule has 0 fully saturated rings. The fourth-order valence-electron chi connectivity index (χ4n) is 1.83. The average molecular weight is 293 g/mol. The van der Waals surface area contributed by atoms with Crippen molar-refractivity contribution < 1.29 is 19.4 Å². The van der Waals surface area contributed by atoms with E-state index in [4.69, 9.17) is 9.84 Å². The van der Waals surface area contributed by atoms with Crippen LogP contribution in [0.4, 0.5) is 0 Å². The number of unbranched alkanes of at least 4 members (excludes halogenated alkanes) is 3. The highest BCUT2D eigenvalue weighted by molar-refractivity contribution is 5.98. The summed E-state index contributed by atoms with van der Waals surface area (Å²) in [5.74, 6) is -1.01. The Morgan fingerprint density at radius 2 is 1.95 bits per heavy atom. The number of nitrogens with one attached hydrogen (secondary N) is 1. The van der Waals surface area contributed by atoms with Gasteiger partial charge in [0.15, 0.2) is 0 Å². The van der Waals surface area contributed by atoms with E-state index >= 15 is 0 Å². The summed E-state index contributed by atoms with van der Waals surface area (Å²) >= 11 is 0. The number of hydrogen-bond donors (Lipinski definition) is 2. The Hall–Kier alpha value is -2.04. The van der Waals surface area contributed by atoms with Crippen molar-refractivity contribution in [2.75, 3.05) is 6.61 Å². The number of carboxylic acids is 1. The van der Waals surface area contributed by atoms with Gasteiger partial charge in [-0.3, -0.25) is 9.59 Å². The second kappa shape index (κ2) is 9.00. The number of carbonyl (C=O) groups is 2. The molecule has 0 saturated carbocycles. The molecule has 0 spiro atoms. The third kappa shape index (κ3) is 5.85. The Labute approximate surface area is 125 Å². The van der Waals surface area contributed by atoms with Gasteiger partial charge in [0.1, 0.15) is 11.8 Å². The van der Waals surface area contributed by atoms with Gasteiger partial charge in [-0.15, -0.1) is 0 Å². The normalized spacial score (nSPS) is 11.7. The summed E-state index contributed by atoms with van der Waals surface area (Å²) in [6.45, 7) is 4.12. The minimum absolute atomic E-state index is 0.362. The zero-order valence-electron chi connectivity index (χ0n) is 12.6. The van der Waals surface area contributed by atoms with Crippen molar-refractivity contribution in [3.63, 3.8) is 0 Å². The maximum atomic E-state index is 12.1. The number of aliphatic carboxylic acids is 1. The Kier molecular flexibility index (Phi) is 7.29. The maximum absolute atomic E-state index is 12.1. The second-order valence-corrected chi connectivity index (χ2v) is 4.94. The summed E-state index contributed by atoms with van der Waals surface area (Å²) in [5, 5.41) is 11.3. The molecule has 1 aromatic rings. The van der Waals surface area contributed by atoms with E-state index < -0.39 is 17.9 Å². The number of amides is 1. The number of hydrogen-bond acceptors (Lipinski definition) is 3. The SMILES string of the molecule is CCCCCCOc1ccccc1C(=O)NC(C)C(=O)O. The highest BCUT2D eigenvalue weighted by atomic mass is 16.5. The zero-order valence-corrected chi connectivity index (χ0v) is 12.6. The largest absolute Gasteiger partial charge is 0.493 e. The van der Waals surface area contributed by atoms with Gasteiger partial charge < -0.3 is 15.2 Å². The highest BCUT2D eigenvalue weighted by Gasteiger charge is 2.18. The summed E-state index contributed by atoms with van der Waals surface area (Å²) < 4.78 is 5.64. The van der Waals surface area contributed by atoms with Crippen LogP contribution >= 0.6 is 0 Å². The summed E-state index contributed by atoms with van der Waals surface area (Å²) in [6, 6.07) is 5.93. The van der Waals surface area contributed by atoms with Crippen LogP contribution in [0.2, 0.25) is 0 Å². The molecule has 21 heavy (non-hydrogen) atoms. The van der Waals surface area contributed by atoms with E-state index in [1.165, 1.54) is 13.3 Å². The first kappa shape index (κ1) is 17.0. The van der Waals surface area contributed by atoms with Crippen molar-refractivity contribution >= 4 is 11.9 Å². The molecule has 1 unspecified atom stereocenters. The van der Waals surface area contributed by atoms with Gasteiger partial charge in [0, 0.05) is 0 Å². The van der Waals surface area contributed by atoms with Gasteiger partial charge in [-0.05, 0) is 25.5 Å². The van der Waals surface area contributed by atoms with Gasteiger partial charge in [-0.25, -0.2) is 0 Å². The Morgan fingerprint density at radius 1 is 1.24 bits per heavy atom. The molecule has 1 aromatic carbocycles. The molecule has 1 atom stereocenters. The molecule has 1 rings (SSSR count). The lowest BCUT2D eigenvalue weighted by Gasteiger charge is -2.13. The number of ether oxygens (including phenoxy) is 1. The predicted octanol–water partition coefficient (Wildman–Crippen LogP) is 2.85. The zero-order chi connectivity index (χ0) is 15.7. The first-order valence-corrected chi connectivity index (χ1v) is 7.31. The van der Waals surface area contributed by atoms with E-state index in [9.17, 15) is 9.59 Å². The number of carbonyl (C=O) groups excluding carboxylic acids is 1. The third-order valence-electron chi connectivity index (χ3n) is 3.11. The third-order valence-corrected chi connectivity index (χ3v) is 3.11.